The Morgan fingerprint density at radius 1 is 1.13 bits per heavy atom. The second-order valence-corrected chi connectivity index (χ2v) is 9.73. The molecule has 6 nitrogen and oxygen atoms in total. The van der Waals surface area contributed by atoms with Crippen LogP contribution in [0, 0.1) is 0 Å². The summed E-state index contributed by atoms with van der Waals surface area (Å²) in [5, 5.41) is 3.22. The molecule has 0 bridgehead atoms. The first-order valence-electron chi connectivity index (χ1n) is 9.97. The second kappa shape index (κ2) is 10.3. The van der Waals surface area contributed by atoms with E-state index in [9.17, 15) is 13.2 Å². The SMILES string of the molecule is CCC(=O)Nc1ccc(N(C)C)c(CN([C@@H](C)CC)S(=O)(=O)c2cccc(Cl)c2)c1. The molecule has 0 aliphatic rings. The average Bonchev–Trinajstić information content (AvgIpc) is 2.71. The quantitative estimate of drug-likeness (QED) is 0.597. The maximum absolute atomic E-state index is 13.5. The Labute approximate surface area is 184 Å². The summed E-state index contributed by atoms with van der Waals surface area (Å²) < 4.78 is 28.4. The van der Waals surface area contributed by atoms with Crippen LogP contribution in [0.15, 0.2) is 47.4 Å². The summed E-state index contributed by atoms with van der Waals surface area (Å²) in [6.45, 7) is 5.80. The van der Waals surface area contributed by atoms with Gasteiger partial charge in [0.25, 0.3) is 0 Å². The van der Waals surface area contributed by atoms with Crippen molar-refractivity contribution in [3.05, 3.63) is 53.1 Å². The molecule has 0 saturated carbocycles. The van der Waals surface area contributed by atoms with Crippen molar-refractivity contribution in [3.8, 4) is 0 Å². The summed E-state index contributed by atoms with van der Waals surface area (Å²) in [7, 11) is 0.0368. The van der Waals surface area contributed by atoms with Gasteiger partial charge in [0, 0.05) is 49.5 Å². The molecule has 2 aromatic rings. The van der Waals surface area contributed by atoms with E-state index in [0.29, 0.717) is 23.6 Å². The molecule has 0 unspecified atom stereocenters. The molecule has 8 heteroatoms. The van der Waals surface area contributed by atoms with E-state index in [0.717, 1.165) is 11.3 Å². The van der Waals surface area contributed by atoms with Crippen molar-refractivity contribution < 1.29 is 13.2 Å². The fraction of sp³-hybridized carbons (Fsp3) is 0.409. The fourth-order valence-electron chi connectivity index (χ4n) is 3.09. The van der Waals surface area contributed by atoms with Crippen LogP contribution in [0.25, 0.3) is 0 Å². The summed E-state index contributed by atoms with van der Waals surface area (Å²) in [6.07, 6.45) is 1.02. The van der Waals surface area contributed by atoms with Crippen LogP contribution in [-0.2, 0) is 21.4 Å². The van der Waals surface area contributed by atoms with E-state index < -0.39 is 10.0 Å². The van der Waals surface area contributed by atoms with Crippen molar-refractivity contribution in [2.24, 2.45) is 0 Å². The fourth-order valence-corrected chi connectivity index (χ4v) is 5.07. The second-order valence-electron chi connectivity index (χ2n) is 7.40. The van der Waals surface area contributed by atoms with Gasteiger partial charge in [0.15, 0.2) is 0 Å². The largest absolute Gasteiger partial charge is 0.377 e. The van der Waals surface area contributed by atoms with Crippen LogP contribution >= 0.6 is 11.6 Å². The van der Waals surface area contributed by atoms with Crippen molar-refractivity contribution in [2.75, 3.05) is 24.3 Å². The van der Waals surface area contributed by atoms with Crippen LogP contribution in [0.4, 0.5) is 11.4 Å². The maximum atomic E-state index is 13.5. The first-order valence-corrected chi connectivity index (χ1v) is 11.8. The van der Waals surface area contributed by atoms with E-state index in [4.69, 9.17) is 11.6 Å². The minimum atomic E-state index is -3.77. The third-order valence-electron chi connectivity index (χ3n) is 4.98. The molecular formula is C22H30ClN3O3S. The molecule has 0 spiro atoms. The zero-order valence-corrected chi connectivity index (χ0v) is 19.7. The predicted molar refractivity (Wildman–Crippen MR) is 124 cm³/mol. The Hall–Kier alpha value is -2.09. The number of sulfonamides is 1. The number of rotatable bonds is 9. The Balaban J connectivity index is 2.52. The highest BCUT2D eigenvalue weighted by Crippen LogP contribution is 2.29. The highest BCUT2D eigenvalue weighted by atomic mass is 35.5. The van der Waals surface area contributed by atoms with Crippen LogP contribution < -0.4 is 10.2 Å². The molecule has 0 aliphatic carbocycles. The van der Waals surface area contributed by atoms with Gasteiger partial charge in [-0.15, -0.1) is 0 Å². The maximum Gasteiger partial charge on any atom is 0.243 e. The van der Waals surface area contributed by atoms with Crippen LogP contribution in [0.3, 0.4) is 0 Å². The molecule has 2 rings (SSSR count). The van der Waals surface area contributed by atoms with E-state index in [1.54, 1.807) is 25.1 Å². The number of anilines is 2. The number of amides is 1. The first kappa shape index (κ1) is 24.2. The predicted octanol–water partition coefficient (Wildman–Crippen LogP) is 4.74. The molecule has 1 amide bonds. The Morgan fingerprint density at radius 3 is 2.40 bits per heavy atom. The molecule has 0 saturated heterocycles. The number of nitrogens with zero attached hydrogens (tertiary/aromatic N) is 2. The van der Waals surface area contributed by atoms with Gasteiger partial charge in [-0.05, 0) is 55.3 Å². The average molecular weight is 452 g/mol. The summed E-state index contributed by atoms with van der Waals surface area (Å²) in [6, 6.07) is 11.6. The molecule has 0 radical (unpaired) electrons. The Kier molecular flexibility index (Phi) is 8.29. The number of benzene rings is 2. The number of carbonyl (C=O) groups excluding carboxylic acids is 1. The lowest BCUT2D eigenvalue weighted by Gasteiger charge is -2.30. The van der Waals surface area contributed by atoms with E-state index in [1.807, 2.05) is 51.0 Å². The van der Waals surface area contributed by atoms with Crippen molar-refractivity contribution in [3.63, 3.8) is 0 Å². The lowest BCUT2D eigenvalue weighted by Crippen LogP contribution is -2.38. The summed E-state index contributed by atoms with van der Waals surface area (Å²) >= 11 is 6.05. The Bertz CT molecular complexity index is 993. The highest BCUT2D eigenvalue weighted by molar-refractivity contribution is 7.89. The molecular weight excluding hydrogens is 422 g/mol. The lowest BCUT2D eigenvalue weighted by molar-refractivity contribution is -0.115. The molecule has 0 aromatic heterocycles. The van der Waals surface area contributed by atoms with Crippen LogP contribution in [0.5, 0.6) is 0 Å². The molecule has 1 N–H and O–H groups in total. The molecule has 0 fully saturated rings. The van der Waals surface area contributed by atoms with Crippen molar-refractivity contribution in [2.45, 2.75) is 51.1 Å². The van der Waals surface area contributed by atoms with Crippen molar-refractivity contribution in [1.29, 1.82) is 0 Å². The summed E-state index contributed by atoms with van der Waals surface area (Å²) in [4.78, 5) is 13.9. The van der Waals surface area contributed by atoms with Crippen molar-refractivity contribution in [1.82, 2.24) is 4.31 Å². The molecule has 164 valence electrons. The van der Waals surface area contributed by atoms with Crippen molar-refractivity contribution >= 4 is 38.9 Å². The van der Waals surface area contributed by atoms with Gasteiger partial charge in [-0.2, -0.15) is 4.31 Å². The van der Waals surface area contributed by atoms with Gasteiger partial charge in [-0.25, -0.2) is 8.42 Å². The third-order valence-corrected chi connectivity index (χ3v) is 7.17. The standard InChI is InChI=1S/C22H30ClN3O3S/c1-6-16(3)26(30(28,29)20-10-8-9-18(23)14-20)15-17-13-19(24-22(27)7-2)11-12-21(17)25(4)5/h8-14,16H,6-7,15H2,1-5H3,(H,24,27)/t16-/m0/s1. The van der Waals surface area contributed by atoms with Crippen LogP contribution in [0.2, 0.25) is 5.02 Å². The van der Waals surface area contributed by atoms with Gasteiger partial charge in [-0.1, -0.05) is 31.5 Å². The minimum Gasteiger partial charge on any atom is -0.377 e. The summed E-state index contributed by atoms with van der Waals surface area (Å²) in [5.41, 5.74) is 2.34. The van der Waals surface area contributed by atoms with Gasteiger partial charge in [0.2, 0.25) is 15.9 Å². The lowest BCUT2D eigenvalue weighted by atomic mass is 10.1. The highest BCUT2D eigenvalue weighted by Gasteiger charge is 2.29. The Morgan fingerprint density at radius 2 is 1.83 bits per heavy atom. The van der Waals surface area contributed by atoms with E-state index in [1.165, 1.54) is 10.4 Å². The number of carbonyl (C=O) groups is 1. The number of halogens is 1. The first-order chi connectivity index (χ1) is 14.1. The molecule has 1 atom stereocenters. The van der Waals surface area contributed by atoms with Crippen LogP contribution in [0.1, 0.15) is 39.2 Å². The van der Waals surface area contributed by atoms with E-state index in [-0.39, 0.29) is 23.4 Å². The molecule has 2 aromatic carbocycles. The molecule has 30 heavy (non-hydrogen) atoms. The van der Waals surface area contributed by atoms with E-state index in [2.05, 4.69) is 5.32 Å². The number of hydrogen-bond acceptors (Lipinski definition) is 4. The number of nitrogens with one attached hydrogen (secondary N) is 1. The van der Waals surface area contributed by atoms with Gasteiger partial charge < -0.3 is 10.2 Å². The summed E-state index contributed by atoms with van der Waals surface area (Å²) in [5.74, 6) is -0.0936. The van der Waals surface area contributed by atoms with Gasteiger partial charge in [0.05, 0.1) is 4.90 Å². The van der Waals surface area contributed by atoms with Gasteiger partial charge in [-0.3, -0.25) is 4.79 Å². The molecule has 0 aliphatic heterocycles. The minimum absolute atomic E-state index is 0.0936. The van der Waals surface area contributed by atoms with Gasteiger partial charge >= 0.3 is 0 Å². The van der Waals surface area contributed by atoms with Crippen LogP contribution in [-0.4, -0.2) is 38.8 Å². The zero-order chi connectivity index (χ0) is 22.5. The smallest absolute Gasteiger partial charge is 0.243 e. The zero-order valence-electron chi connectivity index (χ0n) is 18.1. The van der Waals surface area contributed by atoms with E-state index >= 15 is 0 Å². The monoisotopic (exact) mass is 451 g/mol. The van der Waals surface area contributed by atoms with Gasteiger partial charge in [0.1, 0.15) is 0 Å². The molecule has 0 heterocycles. The normalized spacial score (nSPS) is 12.6. The topological polar surface area (TPSA) is 69.7 Å². The number of hydrogen-bond donors (Lipinski definition) is 1. The third kappa shape index (κ3) is 5.74.